The number of methoxy groups -OCH3 is 1. The van der Waals surface area contributed by atoms with Crippen LogP contribution in [0.3, 0.4) is 0 Å². The van der Waals surface area contributed by atoms with Crippen LogP contribution in [0.2, 0.25) is 5.02 Å². The third-order valence-corrected chi connectivity index (χ3v) is 5.89. The molecule has 0 aliphatic rings. The number of hydrogen-bond acceptors (Lipinski definition) is 6. The Hall–Kier alpha value is -3.05. The van der Waals surface area contributed by atoms with E-state index in [1.165, 1.54) is 15.5 Å². The van der Waals surface area contributed by atoms with E-state index in [0.29, 0.717) is 27.2 Å². The van der Waals surface area contributed by atoms with Crippen molar-refractivity contribution in [1.29, 1.82) is 0 Å². The van der Waals surface area contributed by atoms with Gasteiger partial charge in [0.2, 0.25) is 5.91 Å². The molecule has 0 atom stereocenters. The molecule has 1 aromatic carbocycles. The fourth-order valence-electron chi connectivity index (χ4n) is 3.51. The van der Waals surface area contributed by atoms with Crippen molar-refractivity contribution in [3.63, 3.8) is 0 Å². The van der Waals surface area contributed by atoms with Crippen molar-refractivity contribution >= 4 is 46.7 Å². The van der Waals surface area contributed by atoms with Crippen LogP contribution in [0.1, 0.15) is 29.8 Å². The number of H-pyrrole nitrogens is 1. The maximum atomic E-state index is 13.3. The van der Waals surface area contributed by atoms with Crippen molar-refractivity contribution in [2.45, 2.75) is 26.9 Å². The Kier molecular flexibility index (Phi) is 11.0. The maximum Gasteiger partial charge on any atom is 0.265 e. The summed E-state index contributed by atoms with van der Waals surface area (Å²) in [5.41, 5.74) is -0.0128. The van der Waals surface area contributed by atoms with Crippen LogP contribution in [0.4, 0.5) is 0 Å². The smallest absolute Gasteiger partial charge is 0.265 e. The molecule has 0 spiro atoms. The topological polar surface area (TPSA) is 117 Å². The number of amides is 2. The van der Waals surface area contributed by atoms with Crippen molar-refractivity contribution < 1.29 is 19.4 Å². The van der Waals surface area contributed by atoms with Gasteiger partial charge in [0.25, 0.3) is 11.5 Å². The second-order valence-electron chi connectivity index (χ2n) is 9.37. The first-order valence-corrected chi connectivity index (χ1v) is 12.3. The third-order valence-electron chi connectivity index (χ3n) is 5.40. The summed E-state index contributed by atoms with van der Waals surface area (Å²) in [6.07, 6.45) is 0. The first-order valence-electron chi connectivity index (χ1n) is 11.5. The first-order chi connectivity index (χ1) is 17.4. The second kappa shape index (κ2) is 13.5. The quantitative estimate of drug-likeness (QED) is 0.372. The number of aliphatic hydroxyl groups is 1. The largest absolute Gasteiger partial charge is 0.396 e. The Balaban J connectivity index is 0.00000153. The number of carbonyl (C=O) groups is 2. The molecular weight excluding hydrogens is 516 g/mol. The number of nitrogens with one attached hydrogen (secondary N) is 2. The van der Waals surface area contributed by atoms with Gasteiger partial charge in [0, 0.05) is 56.8 Å². The van der Waals surface area contributed by atoms with E-state index >= 15 is 0 Å². The number of ether oxygens (including phenoxy) is 1. The van der Waals surface area contributed by atoms with Crippen molar-refractivity contribution in [2.75, 3.05) is 34.4 Å². The van der Waals surface area contributed by atoms with Crippen LogP contribution < -0.4 is 10.9 Å². The highest BCUT2D eigenvalue weighted by atomic mass is 35.5. The minimum atomic E-state index is -0.610. The minimum absolute atomic E-state index is 0.0851. The molecule has 3 aromatic rings. The Morgan fingerprint density at radius 2 is 1.81 bits per heavy atom. The van der Waals surface area contributed by atoms with Gasteiger partial charge in [-0.3, -0.25) is 19.0 Å². The molecule has 2 aromatic heterocycles. The van der Waals surface area contributed by atoms with E-state index in [4.69, 9.17) is 23.8 Å². The second-order valence-corrected chi connectivity index (χ2v) is 10.2. The van der Waals surface area contributed by atoms with Gasteiger partial charge in [-0.1, -0.05) is 49.8 Å². The SMILES string of the molecule is CN(CC(C)(C)CO)C(=O)Cn1c(=O)c(C(=O)NCc2ccc(Cl)cc2)cc2ccc(=S)[nH]c21.COC. The van der Waals surface area contributed by atoms with E-state index < -0.39 is 16.9 Å². The van der Waals surface area contributed by atoms with Gasteiger partial charge in [-0.15, -0.1) is 0 Å². The zero-order valence-electron chi connectivity index (χ0n) is 21.6. The number of likely N-dealkylation sites (N-methyl/N-ethyl adjacent to an activating group) is 1. The van der Waals surface area contributed by atoms with E-state index in [0.717, 1.165) is 5.56 Å². The van der Waals surface area contributed by atoms with Gasteiger partial charge in [0.15, 0.2) is 0 Å². The average Bonchev–Trinajstić information content (AvgIpc) is 2.85. The molecule has 0 aliphatic carbocycles. The fraction of sp³-hybridized carbons (Fsp3) is 0.385. The van der Waals surface area contributed by atoms with Gasteiger partial charge >= 0.3 is 0 Å². The molecule has 3 N–H and O–H groups in total. The summed E-state index contributed by atoms with van der Waals surface area (Å²) in [7, 11) is 4.86. The van der Waals surface area contributed by atoms with Gasteiger partial charge in [-0.2, -0.15) is 0 Å². The molecular formula is C26H33ClN4O5S. The summed E-state index contributed by atoms with van der Waals surface area (Å²) in [6.45, 7) is 3.79. The zero-order valence-corrected chi connectivity index (χ0v) is 23.2. The van der Waals surface area contributed by atoms with Crippen LogP contribution in [0, 0.1) is 10.1 Å². The number of carbonyl (C=O) groups excluding carboxylic acids is 2. The number of halogens is 1. The summed E-state index contributed by atoms with van der Waals surface area (Å²) < 4.78 is 5.87. The monoisotopic (exact) mass is 548 g/mol. The van der Waals surface area contributed by atoms with E-state index in [1.807, 2.05) is 13.8 Å². The van der Waals surface area contributed by atoms with Gasteiger partial charge in [-0.05, 0) is 35.9 Å². The number of nitrogens with zero attached hydrogens (tertiary/aromatic N) is 2. The maximum absolute atomic E-state index is 13.3. The molecule has 0 radical (unpaired) electrons. The van der Waals surface area contributed by atoms with E-state index in [2.05, 4.69) is 15.0 Å². The van der Waals surface area contributed by atoms with Crippen molar-refractivity contribution in [1.82, 2.24) is 19.8 Å². The highest BCUT2D eigenvalue weighted by Crippen LogP contribution is 2.16. The van der Waals surface area contributed by atoms with Gasteiger partial charge in [0.05, 0.1) is 0 Å². The Bertz CT molecular complexity index is 1350. The Morgan fingerprint density at radius 1 is 1.19 bits per heavy atom. The van der Waals surface area contributed by atoms with Gasteiger partial charge in [0.1, 0.15) is 22.4 Å². The minimum Gasteiger partial charge on any atom is -0.396 e. The lowest BCUT2D eigenvalue weighted by Gasteiger charge is -2.28. The number of benzene rings is 1. The molecule has 37 heavy (non-hydrogen) atoms. The molecule has 200 valence electrons. The van der Waals surface area contributed by atoms with E-state index in [1.54, 1.807) is 57.7 Å². The normalized spacial score (nSPS) is 11.0. The number of aromatic nitrogens is 2. The standard InChI is InChI=1S/C24H27ClN4O4S.C2H6O/c1-24(2,14-30)13-28(3)20(31)12-29-21-16(6-9-19(34)27-21)10-18(23(29)33)22(32)26-11-15-4-7-17(25)8-5-15;1-3-2/h4-10,30H,11-14H2,1-3H3,(H,26,32)(H,27,34);1-2H3. The molecule has 0 saturated carbocycles. The molecule has 0 fully saturated rings. The summed E-state index contributed by atoms with van der Waals surface area (Å²) in [4.78, 5) is 43.6. The number of aromatic amines is 1. The predicted octanol–water partition coefficient (Wildman–Crippen LogP) is 3.38. The zero-order chi connectivity index (χ0) is 27.8. The molecule has 2 amide bonds. The summed E-state index contributed by atoms with van der Waals surface area (Å²) in [5, 5.41) is 13.4. The predicted molar refractivity (Wildman–Crippen MR) is 147 cm³/mol. The Labute approximate surface area is 226 Å². The van der Waals surface area contributed by atoms with E-state index in [-0.39, 0.29) is 31.2 Å². The first kappa shape index (κ1) is 30.2. The molecule has 9 nitrogen and oxygen atoms in total. The van der Waals surface area contributed by atoms with Crippen LogP contribution >= 0.6 is 23.8 Å². The van der Waals surface area contributed by atoms with Gasteiger partial charge in [-0.25, -0.2) is 0 Å². The molecule has 0 unspecified atom stereocenters. The number of fused-ring (bicyclic) bond motifs is 1. The van der Waals surface area contributed by atoms with Crippen LogP contribution in [-0.2, 0) is 22.6 Å². The van der Waals surface area contributed by atoms with Crippen LogP contribution in [0.5, 0.6) is 0 Å². The highest BCUT2D eigenvalue weighted by Gasteiger charge is 2.24. The highest BCUT2D eigenvalue weighted by molar-refractivity contribution is 7.71. The van der Waals surface area contributed by atoms with Crippen LogP contribution in [-0.4, -0.2) is 65.8 Å². The lowest BCUT2D eigenvalue weighted by molar-refractivity contribution is -0.132. The lowest BCUT2D eigenvalue weighted by atomic mass is 9.94. The molecule has 0 saturated heterocycles. The molecule has 11 heteroatoms. The number of rotatable bonds is 8. The lowest BCUT2D eigenvalue weighted by Crippen LogP contribution is -2.41. The number of hydrogen-bond donors (Lipinski definition) is 3. The molecule has 2 heterocycles. The number of pyridine rings is 2. The summed E-state index contributed by atoms with van der Waals surface area (Å²) in [5.74, 6) is -0.896. The summed E-state index contributed by atoms with van der Waals surface area (Å²) >= 11 is 11.1. The van der Waals surface area contributed by atoms with E-state index in [9.17, 15) is 19.5 Å². The van der Waals surface area contributed by atoms with Crippen LogP contribution in [0.15, 0.2) is 47.3 Å². The van der Waals surface area contributed by atoms with Crippen molar-refractivity contribution in [3.8, 4) is 0 Å². The average molecular weight is 549 g/mol. The molecule has 0 bridgehead atoms. The molecule has 3 rings (SSSR count). The summed E-state index contributed by atoms with van der Waals surface area (Å²) in [6, 6.07) is 11.8. The van der Waals surface area contributed by atoms with Crippen LogP contribution in [0.25, 0.3) is 11.0 Å². The molecule has 0 aliphatic heterocycles. The van der Waals surface area contributed by atoms with Gasteiger partial charge < -0.3 is 25.0 Å². The fourth-order valence-corrected chi connectivity index (χ4v) is 3.80. The van der Waals surface area contributed by atoms with Crippen molar-refractivity contribution in [2.24, 2.45) is 5.41 Å². The van der Waals surface area contributed by atoms with Crippen molar-refractivity contribution in [3.05, 3.63) is 73.6 Å². The third kappa shape index (κ3) is 8.50. The number of aliphatic hydroxyl groups excluding tert-OH is 1. The Morgan fingerprint density at radius 3 is 2.41 bits per heavy atom.